The summed E-state index contributed by atoms with van der Waals surface area (Å²) in [6, 6.07) is -0.139. The van der Waals surface area contributed by atoms with Gasteiger partial charge < -0.3 is 4.74 Å². The van der Waals surface area contributed by atoms with Crippen molar-refractivity contribution in [3.05, 3.63) is 65.0 Å². The molecule has 0 bridgehead atoms. The summed E-state index contributed by atoms with van der Waals surface area (Å²) in [5.74, 6) is -9.51. The van der Waals surface area contributed by atoms with E-state index < -0.39 is 34.8 Å². The molecule has 0 N–H and O–H groups in total. The zero-order valence-corrected chi connectivity index (χ0v) is 13.8. The molecule has 1 saturated carbocycles. The smallest absolute Gasteiger partial charge is 0.304 e. The van der Waals surface area contributed by atoms with Crippen LogP contribution in [0, 0.1) is 35.0 Å². The van der Waals surface area contributed by atoms with Crippen molar-refractivity contribution in [3.63, 3.8) is 0 Å². The lowest BCUT2D eigenvalue weighted by molar-refractivity contribution is -0.752. The summed E-state index contributed by atoms with van der Waals surface area (Å²) in [5, 5.41) is 4.03. The Morgan fingerprint density at radius 1 is 1.04 bits per heavy atom. The van der Waals surface area contributed by atoms with Gasteiger partial charge in [-0.1, -0.05) is 28.5 Å². The van der Waals surface area contributed by atoms with Gasteiger partial charge in [0, 0.05) is 11.0 Å². The fraction of sp³-hybridized carbons (Fsp3) is 0.333. The predicted octanol–water partition coefficient (Wildman–Crippen LogP) is 3.20. The minimum atomic E-state index is -2.19. The van der Waals surface area contributed by atoms with Gasteiger partial charge in [0.2, 0.25) is 41.1 Å². The van der Waals surface area contributed by atoms with Gasteiger partial charge in [-0.05, 0) is 12.8 Å². The molecule has 0 radical (unpaired) electrons. The zero-order chi connectivity index (χ0) is 18.9. The number of hydrogen-bond donors (Lipinski definition) is 0. The van der Waals surface area contributed by atoms with Crippen molar-refractivity contribution in [1.82, 2.24) is 9.78 Å². The van der Waals surface area contributed by atoms with Crippen LogP contribution in [0.15, 0.2) is 30.1 Å². The quantitative estimate of drug-likeness (QED) is 0.328. The molecule has 27 heavy (non-hydrogen) atoms. The summed E-state index contributed by atoms with van der Waals surface area (Å²) in [5.41, 5.74) is 0.124. The number of nitrogens with zero attached hydrogens (tertiary/aromatic N) is 3. The van der Waals surface area contributed by atoms with Gasteiger partial charge in [0.25, 0.3) is 0 Å². The van der Waals surface area contributed by atoms with Crippen LogP contribution < -0.4 is 4.57 Å². The van der Waals surface area contributed by atoms with Crippen molar-refractivity contribution in [2.24, 2.45) is 5.92 Å². The summed E-state index contributed by atoms with van der Waals surface area (Å²) in [6.07, 6.45) is 8.73. The highest BCUT2D eigenvalue weighted by Gasteiger charge is 2.48. The maximum absolute atomic E-state index is 14.1. The van der Waals surface area contributed by atoms with E-state index in [1.165, 1.54) is 11.9 Å². The predicted molar refractivity (Wildman–Crippen MR) is 81.1 cm³/mol. The molecule has 2 aliphatic carbocycles. The van der Waals surface area contributed by atoms with Crippen LogP contribution in [-0.4, -0.2) is 15.9 Å². The largest absolute Gasteiger partial charge is 0.363 e. The fourth-order valence-corrected chi connectivity index (χ4v) is 4.24. The molecule has 2 heterocycles. The topological polar surface area (TPSA) is 30.9 Å². The standard InChI is InChI=1S/C18H13F5N3O/c19-12-13(20)15(22)18(16(23)14(12)21)26-7-25-11(24-26)6-27-10-5-8-3-1-2-4-9(8)17(10)25/h1-3,7,9-10,17H,4-6H2/q+1/t9-,10+,17?/m1/s1. The van der Waals surface area contributed by atoms with Gasteiger partial charge >= 0.3 is 5.82 Å². The Hall–Kier alpha value is -2.55. The molecule has 2 aromatic rings. The molecule has 5 rings (SSSR count). The van der Waals surface area contributed by atoms with Gasteiger partial charge in [-0.2, -0.15) is 8.78 Å². The van der Waals surface area contributed by atoms with Crippen LogP contribution >= 0.6 is 0 Å². The molecule has 1 aromatic heterocycles. The minimum absolute atomic E-state index is 0.0942. The van der Waals surface area contributed by atoms with Crippen molar-refractivity contribution in [2.45, 2.75) is 31.6 Å². The Morgan fingerprint density at radius 3 is 2.48 bits per heavy atom. The molecule has 1 fully saturated rings. The van der Waals surface area contributed by atoms with Crippen LogP contribution in [0.3, 0.4) is 0 Å². The molecule has 3 aliphatic rings. The van der Waals surface area contributed by atoms with Gasteiger partial charge in [0.05, 0.1) is 6.10 Å². The first kappa shape index (κ1) is 16.6. The van der Waals surface area contributed by atoms with E-state index in [-0.39, 0.29) is 24.7 Å². The summed E-state index contributed by atoms with van der Waals surface area (Å²) in [4.78, 5) is 0. The van der Waals surface area contributed by atoms with Crippen molar-refractivity contribution in [2.75, 3.05) is 0 Å². The van der Waals surface area contributed by atoms with E-state index in [1.807, 2.05) is 18.2 Å². The van der Waals surface area contributed by atoms with Crippen LogP contribution in [0.4, 0.5) is 22.0 Å². The second-order valence-corrected chi connectivity index (χ2v) is 6.86. The number of ether oxygens (including phenoxy) is 1. The Balaban J connectivity index is 1.64. The van der Waals surface area contributed by atoms with Crippen molar-refractivity contribution in [1.29, 1.82) is 0 Å². The molecule has 0 spiro atoms. The summed E-state index contributed by atoms with van der Waals surface area (Å²) in [6.45, 7) is 0.0942. The van der Waals surface area contributed by atoms with Crippen LogP contribution in [0.25, 0.3) is 5.69 Å². The summed E-state index contributed by atoms with van der Waals surface area (Å²) >= 11 is 0. The van der Waals surface area contributed by atoms with Gasteiger partial charge in [0.1, 0.15) is 12.6 Å². The lowest BCUT2D eigenvalue weighted by atomic mass is 9.91. The van der Waals surface area contributed by atoms with Crippen molar-refractivity contribution >= 4 is 0 Å². The number of benzene rings is 1. The van der Waals surface area contributed by atoms with Crippen LogP contribution in [0.1, 0.15) is 24.7 Å². The molecule has 1 aromatic carbocycles. The van der Waals surface area contributed by atoms with Crippen molar-refractivity contribution < 1.29 is 31.3 Å². The third-order valence-electron chi connectivity index (χ3n) is 5.46. The van der Waals surface area contributed by atoms with E-state index in [0.29, 0.717) is 10.5 Å². The molecule has 4 nitrogen and oxygen atoms in total. The van der Waals surface area contributed by atoms with Gasteiger partial charge in [-0.15, -0.1) is 0 Å². The molecular formula is C18H13F5N3O+. The average molecular weight is 382 g/mol. The van der Waals surface area contributed by atoms with Crippen LogP contribution in [-0.2, 0) is 11.3 Å². The highest BCUT2D eigenvalue weighted by molar-refractivity contribution is 5.36. The number of allylic oxidation sites excluding steroid dienone is 3. The third-order valence-corrected chi connectivity index (χ3v) is 5.46. The first-order valence-corrected chi connectivity index (χ1v) is 8.46. The van der Waals surface area contributed by atoms with E-state index in [1.54, 1.807) is 4.57 Å². The van der Waals surface area contributed by atoms with Gasteiger partial charge in [-0.3, -0.25) is 0 Å². The van der Waals surface area contributed by atoms with Crippen molar-refractivity contribution in [3.8, 4) is 5.69 Å². The fourth-order valence-electron chi connectivity index (χ4n) is 4.24. The van der Waals surface area contributed by atoms with E-state index >= 15 is 0 Å². The summed E-state index contributed by atoms with van der Waals surface area (Å²) < 4.78 is 77.0. The maximum atomic E-state index is 14.1. The maximum Gasteiger partial charge on any atom is 0.304 e. The second-order valence-electron chi connectivity index (χ2n) is 6.86. The summed E-state index contributed by atoms with van der Waals surface area (Å²) in [7, 11) is 0. The number of hydrogen-bond acceptors (Lipinski definition) is 2. The average Bonchev–Trinajstić information content (AvgIpc) is 3.25. The van der Waals surface area contributed by atoms with Crippen LogP contribution in [0.2, 0.25) is 0 Å². The molecule has 1 aliphatic heterocycles. The highest BCUT2D eigenvalue weighted by Crippen LogP contribution is 2.44. The molecule has 1 unspecified atom stereocenters. The molecule has 0 amide bonds. The second kappa shape index (κ2) is 5.72. The number of rotatable bonds is 1. The Labute approximate surface area is 150 Å². The Kier molecular flexibility index (Phi) is 3.52. The molecule has 3 atom stereocenters. The zero-order valence-electron chi connectivity index (χ0n) is 13.8. The van der Waals surface area contributed by atoms with Crippen LogP contribution in [0.5, 0.6) is 0 Å². The monoisotopic (exact) mass is 382 g/mol. The lowest BCUT2D eigenvalue weighted by Crippen LogP contribution is -2.52. The van der Waals surface area contributed by atoms with E-state index in [2.05, 4.69) is 5.10 Å². The number of halogens is 5. The number of aromatic nitrogens is 3. The van der Waals surface area contributed by atoms with E-state index in [4.69, 9.17) is 4.74 Å². The third kappa shape index (κ3) is 2.24. The minimum Gasteiger partial charge on any atom is -0.363 e. The Bertz CT molecular complexity index is 999. The SMILES string of the molecule is Fc1c(F)c(F)c(-n2c[n+]3c(n2)CO[C@H]2CC4=CC=CC[C@H]4C23)c(F)c1F. The first-order chi connectivity index (χ1) is 13.0. The highest BCUT2D eigenvalue weighted by atomic mass is 19.2. The normalized spacial score (nSPS) is 25.8. The van der Waals surface area contributed by atoms with Gasteiger partial charge in [0.15, 0.2) is 0 Å². The molecular weight excluding hydrogens is 369 g/mol. The number of fused-ring (bicyclic) bond motifs is 5. The molecule has 9 heteroatoms. The van der Waals surface area contributed by atoms with E-state index in [0.717, 1.165) is 12.8 Å². The lowest BCUT2D eigenvalue weighted by Gasteiger charge is -2.26. The molecule has 0 saturated heterocycles. The Morgan fingerprint density at radius 2 is 1.74 bits per heavy atom. The molecule has 140 valence electrons. The van der Waals surface area contributed by atoms with E-state index in [9.17, 15) is 22.0 Å². The first-order valence-electron chi connectivity index (χ1n) is 8.46. The van der Waals surface area contributed by atoms with Gasteiger partial charge in [-0.25, -0.2) is 17.7 Å².